The second-order valence-electron chi connectivity index (χ2n) is 6.30. The number of hydrogen-bond acceptors (Lipinski definition) is 4. The van der Waals surface area contributed by atoms with Gasteiger partial charge in [0.1, 0.15) is 11.2 Å². The summed E-state index contributed by atoms with van der Waals surface area (Å²) in [7, 11) is 1.84. The number of ether oxygens (including phenoxy) is 1. The molecule has 0 saturated carbocycles. The van der Waals surface area contributed by atoms with Crippen molar-refractivity contribution < 1.29 is 18.8 Å². The Morgan fingerprint density at radius 3 is 1.52 bits per heavy atom. The van der Waals surface area contributed by atoms with Crippen molar-refractivity contribution >= 4 is 21.4 Å². The van der Waals surface area contributed by atoms with Crippen LogP contribution in [0.15, 0.2) is 91.0 Å². The Balaban J connectivity index is 0.000000537. The van der Waals surface area contributed by atoms with Gasteiger partial charge in [0.2, 0.25) is 0 Å². The van der Waals surface area contributed by atoms with Crippen LogP contribution < -0.4 is 4.74 Å². The SMILES string of the molecule is CC(=O)OP.CCC(C(=O)Oc1ccccc1)(c1ccccc1)c1ccccc1. The Morgan fingerprint density at radius 2 is 1.17 bits per heavy atom. The third-order valence-electron chi connectivity index (χ3n) is 4.53. The van der Waals surface area contributed by atoms with Gasteiger partial charge in [0.15, 0.2) is 0 Å². The van der Waals surface area contributed by atoms with Gasteiger partial charge in [0.05, 0.1) is 9.47 Å². The predicted molar refractivity (Wildman–Crippen MR) is 118 cm³/mol. The Kier molecular flexibility index (Phi) is 8.57. The molecule has 0 aromatic heterocycles. The van der Waals surface area contributed by atoms with Gasteiger partial charge in [-0.1, -0.05) is 85.8 Å². The molecule has 0 aliphatic heterocycles. The van der Waals surface area contributed by atoms with Crippen LogP contribution in [0, 0.1) is 0 Å². The van der Waals surface area contributed by atoms with Crippen LogP contribution in [0.5, 0.6) is 5.75 Å². The Hall–Kier alpha value is -2.97. The van der Waals surface area contributed by atoms with Crippen LogP contribution >= 0.6 is 9.47 Å². The van der Waals surface area contributed by atoms with Crippen molar-refractivity contribution in [1.29, 1.82) is 0 Å². The average Bonchev–Trinajstić information content (AvgIpc) is 2.77. The van der Waals surface area contributed by atoms with Gasteiger partial charge in [0.25, 0.3) is 0 Å². The summed E-state index contributed by atoms with van der Waals surface area (Å²) in [6.45, 7) is 3.36. The summed E-state index contributed by atoms with van der Waals surface area (Å²) in [4.78, 5) is 22.8. The standard InChI is InChI=1S/C22H20O2.C2H5O2P/c1-2-22(18-12-6-3-7-13-18,19-14-8-4-9-15-19)21(23)24-20-16-10-5-11-17-20;1-2(3)4-5/h3-17H,2H2,1H3;5H2,1H3. The first-order valence-corrected chi connectivity index (χ1v) is 9.77. The van der Waals surface area contributed by atoms with Crippen LogP contribution in [0.3, 0.4) is 0 Å². The van der Waals surface area contributed by atoms with Gasteiger partial charge in [-0.25, -0.2) is 0 Å². The van der Waals surface area contributed by atoms with Gasteiger partial charge in [-0.05, 0) is 29.7 Å². The van der Waals surface area contributed by atoms with E-state index in [1.54, 1.807) is 12.1 Å². The van der Waals surface area contributed by atoms with E-state index < -0.39 is 5.41 Å². The van der Waals surface area contributed by atoms with Crippen molar-refractivity contribution in [3.05, 3.63) is 102 Å². The molecule has 5 heteroatoms. The molecule has 0 fully saturated rings. The summed E-state index contributed by atoms with van der Waals surface area (Å²) in [6, 6.07) is 28.9. The van der Waals surface area contributed by atoms with E-state index in [4.69, 9.17) is 4.74 Å². The topological polar surface area (TPSA) is 52.6 Å². The number of benzene rings is 3. The highest BCUT2D eigenvalue weighted by Crippen LogP contribution is 2.37. The molecule has 4 nitrogen and oxygen atoms in total. The molecule has 0 radical (unpaired) electrons. The maximum Gasteiger partial charge on any atom is 0.326 e. The Bertz CT molecular complexity index is 856. The van der Waals surface area contributed by atoms with E-state index in [-0.39, 0.29) is 11.9 Å². The van der Waals surface area contributed by atoms with Gasteiger partial charge in [0, 0.05) is 6.92 Å². The summed E-state index contributed by atoms with van der Waals surface area (Å²) in [6.07, 6.45) is 0.618. The monoisotopic (exact) mass is 408 g/mol. The molecule has 0 N–H and O–H groups in total. The minimum atomic E-state index is -0.821. The highest BCUT2D eigenvalue weighted by atomic mass is 31.0. The molecule has 3 rings (SSSR count). The van der Waals surface area contributed by atoms with E-state index in [2.05, 4.69) is 4.52 Å². The van der Waals surface area contributed by atoms with Crippen molar-refractivity contribution in [2.24, 2.45) is 0 Å². The molecule has 0 spiro atoms. The molecule has 29 heavy (non-hydrogen) atoms. The number of hydrogen-bond donors (Lipinski definition) is 0. The predicted octanol–water partition coefficient (Wildman–Crippen LogP) is 5.33. The first kappa shape index (κ1) is 22.3. The van der Waals surface area contributed by atoms with E-state index in [0.717, 1.165) is 11.1 Å². The van der Waals surface area contributed by atoms with Crippen LogP contribution in [0.4, 0.5) is 0 Å². The molecule has 0 aliphatic rings. The third kappa shape index (κ3) is 5.75. The smallest absolute Gasteiger partial charge is 0.326 e. The van der Waals surface area contributed by atoms with E-state index in [1.165, 1.54) is 6.92 Å². The van der Waals surface area contributed by atoms with Gasteiger partial charge in [-0.3, -0.25) is 9.59 Å². The third-order valence-corrected chi connectivity index (χ3v) is 4.86. The molecule has 3 aromatic rings. The van der Waals surface area contributed by atoms with E-state index in [0.29, 0.717) is 12.2 Å². The summed E-state index contributed by atoms with van der Waals surface area (Å²) in [5, 5.41) is 0. The summed E-state index contributed by atoms with van der Waals surface area (Å²) < 4.78 is 9.77. The number of carbonyl (C=O) groups excluding carboxylic acids is 2. The minimum Gasteiger partial charge on any atom is -0.452 e. The zero-order chi connectivity index (χ0) is 21.1. The molecule has 0 bridgehead atoms. The molecular weight excluding hydrogens is 383 g/mol. The van der Waals surface area contributed by atoms with Crippen LogP contribution in [-0.4, -0.2) is 11.9 Å². The van der Waals surface area contributed by atoms with Gasteiger partial charge in [-0.2, -0.15) is 0 Å². The Labute approximate surface area is 174 Å². The summed E-state index contributed by atoms with van der Waals surface area (Å²) in [5.41, 5.74) is 1.07. The molecule has 0 amide bonds. The highest BCUT2D eigenvalue weighted by Gasteiger charge is 2.42. The maximum atomic E-state index is 13.2. The lowest BCUT2D eigenvalue weighted by Crippen LogP contribution is -2.40. The normalized spacial score (nSPS) is 10.3. The molecule has 0 aliphatic carbocycles. The van der Waals surface area contributed by atoms with Crippen LogP contribution in [-0.2, 0) is 19.5 Å². The number of para-hydroxylation sites is 1. The zero-order valence-corrected chi connectivity index (χ0v) is 17.7. The number of esters is 1. The van der Waals surface area contributed by atoms with Crippen LogP contribution in [0.25, 0.3) is 0 Å². The quantitative estimate of drug-likeness (QED) is 0.325. The first-order chi connectivity index (χ1) is 14.0. The number of carbonyl (C=O) groups is 2. The average molecular weight is 408 g/mol. The van der Waals surface area contributed by atoms with Crippen LogP contribution in [0.2, 0.25) is 0 Å². The van der Waals surface area contributed by atoms with Crippen molar-refractivity contribution in [3.63, 3.8) is 0 Å². The summed E-state index contributed by atoms with van der Waals surface area (Å²) >= 11 is 0. The Morgan fingerprint density at radius 1 is 0.793 bits per heavy atom. The molecule has 1 unspecified atom stereocenters. The molecule has 0 saturated heterocycles. The van der Waals surface area contributed by atoms with Crippen molar-refractivity contribution in [2.45, 2.75) is 25.7 Å². The lowest BCUT2D eigenvalue weighted by molar-refractivity contribution is -0.139. The fourth-order valence-electron chi connectivity index (χ4n) is 3.08. The molecular formula is C24H25O4P. The highest BCUT2D eigenvalue weighted by molar-refractivity contribution is 7.10. The fourth-order valence-corrected chi connectivity index (χ4v) is 3.08. The van der Waals surface area contributed by atoms with Gasteiger partial charge >= 0.3 is 11.9 Å². The minimum absolute atomic E-state index is 0.256. The zero-order valence-electron chi connectivity index (χ0n) is 16.6. The lowest BCUT2D eigenvalue weighted by atomic mass is 9.72. The summed E-state index contributed by atoms with van der Waals surface area (Å²) in [5.74, 6) is 0.0239. The molecule has 3 aromatic carbocycles. The fraction of sp³-hybridized carbons (Fsp3) is 0.167. The molecule has 1 atom stereocenters. The van der Waals surface area contributed by atoms with Crippen LogP contribution in [0.1, 0.15) is 31.4 Å². The first-order valence-electron chi connectivity index (χ1n) is 9.30. The van der Waals surface area contributed by atoms with Gasteiger partial charge < -0.3 is 9.26 Å². The van der Waals surface area contributed by atoms with E-state index >= 15 is 0 Å². The van der Waals surface area contributed by atoms with Crippen molar-refractivity contribution in [1.82, 2.24) is 0 Å². The molecule has 150 valence electrons. The van der Waals surface area contributed by atoms with E-state index in [1.807, 2.05) is 95.3 Å². The second kappa shape index (κ2) is 11.1. The second-order valence-corrected chi connectivity index (χ2v) is 6.54. The van der Waals surface area contributed by atoms with Gasteiger partial charge in [-0.15, -0.1) is 0 Å². The lowest BCUT2D eigenvalue weighted by Gasteiger charge is -2.31. The largest absolute Gasteiger partial charge is 0.452 e. The number of rotatable bonds is 5. The van der Waals surface area contributed by atoms with E-state index in [9.17, 15) is 9.59 Å². The molecule has 0 heterocycles. The maximum absolute atomic E-state index is 13.2. The van der Waals surface area contributed by atoms with Crippen molar-refractivity contribution in [2.75, 3.05) is 0 Å². The van der Waals surface area contributed by atoms with Crippen molar-refractivity contribution in [3.8, 4) is 5.75 Å².